The zero-order valence-electron chi connectivity index (χ0n) is 14.1. The molecule has 0 saturated carbocycles. The standard InChI is InChI=1S/C17H36N2/c1-13(2)9-17(10-14(3)4)18-11-16-7-8-19(12-16)15(5)6/h13-18H,7-12H2,1-6H3. The van der Waals surface area contributed by atoms with Crippen molar-refractivity contribution in [2.75, 3.05) is 19.6 Å². The second-order valence-electron chi connectivity index (χ2n) is 7.61. The van der Waals surface area contributed by atoms with Crippen LogP contribution in [0, 0.1) is 17.8 Å². The molecule has 0 spiro atoms. The molecule has 1 rings (SSSR count). The fourth-order valence-corrected chi connectivity index (χ4v) is 3.23. The average Bonchev–Trinajstić information content (AvgIpc) is 2.73. The van der Waals surface area contributed by atoms with Gasteiger partial charge in [0, 0.05) is 18.6 Å². The minimum atomic E-state index is 0.715. The summed E-state index contributed by atoms with van der Waals surface area (Å²) >= 11 is 0. The number of nitrogens with one attached hydrogen (secondary N) is 1. The molecule has 1 aliphatic rings. The van der Waals surface area contributed by atoms with Crippen LogP contribution in [0.1, 0.15) is 60.8 Å². The highest BCUT2D eigenvalue weighted by atomic mass is 15.2. The summed E-state index contributed by atoms with van der Waals surface area (Å²) in [5, 5.41) is 3.86. The smallest absolute Gasteiger partial charge is 0.00720 e. The van der Waals surface area contributed by atoms with E-state index >= 15 is 0 Å². The minimum absolute atomic E-state index is 0.715. The Morgan fingerprint density at radius 1 is 1.00 bits per heavy atom. The highest BCUT2D eigenvalue weighted by Gasteiger charge is 2.24. The summed E-state index contributed by atoms with van der Waals surface area (Å²) in [6.45, 7) is 17.8. The predicted molar refractivity (Wildman–Crippen MR) is 85.5 cm³/mol. The molecule has 1 saturated heterocycles. The molecular formula is C17H36N2. The van der Waals surface area contributed by atoms with E-state index in [1.165, 1.54) is 38.9 Å². The Balaban J connectivity index is 2.31. The summed E-state index contributed by atoms with van der Waals surface area (Å²) in [5.74, 6) is 2.46. The Hall–Kier alpha value is -0.0800. The van der Waals surface area contributed by atoms with Crippen molar-refractivity contribution in [1.29, 1.82) is 0 Å². The Bertz CT molecular complexity index is 225. The molecule has 1 atom stereocenters. The van der Waals surface area contributed by atoms with Gasteiger partial charge in [0.05, 0.1) is 0 Å². The molecule has 0 amide bonds. The van der Waals surface area contributed by atoms with Crippen LogP contribution in [0.2, 0.25) is 0 Å². The van der Waals surface area contributed by atoms with Crippen molar-refractivity contribution in [2.24, 2.45) is 17.8 Å². The third-order valence-electron chi connectivity index (χ3n) is 4.25. The molecule has 2 nitrogen and oxygen atoms in total. The Morgan fingerprint density at radius 3 is 2.00 bits per heavy atom. The molecular weight excluding hydrogens is 232 g/mol. The van der Waals surface area contributed by atoms with Crippen LogP contribution in [-0.2, 0) is 0 Å². The lowest BCUT2D eigenvalue weighted by Crippen LogP contribution is -2.37. The molecule has 19 heavy (non-hydrogen) atoms. The molecule has 114 valence electrons. The maximum Gasteiger partial charge on any atom is 0.00720 e. The van der Waals surface area contributed by atoms with Crippen LogP contribution in [0.5, 0.6) is 0 Å². The van der Waals surface area contributed by atoms with Crippen molar-refractivity contribution in [3.8, 4) is 0 Å². The van der Waals surface area contributed by atoms with Gasteiger partial charge in [-0.2, -0.15) is 0 Å². The molecule has 2 heteroatoms. The Morgan fingerprint density at radius 2 is 1.58 bits per heavy atom. The van der Waals surface area contributed by atoms with E-state index in [0.717, 1.165) is 17.8 Å². The van der Waals surface area contributed by atoms with Crippen LogP contribution in [0.4, 0.5) is 0 Å². The van der Waals surface area contributed by atoms with E-state index in [1.807, 2.05) is 0 Å². The van der Waals surface area contributed by atoms with E-state index in [4.69, 9.17) is 0 Å². The van der Waals surface area contributed by atoms with Gasteiger partial charge >= 0.3 is 0 Å². The van der Waals surface area contributed by atoms with Crippen molar-refractivity contribution in [2.45, 2.75) is 72.9 Å². The summed E-state index contributed by atoms with van der Waals surface area (Å²) in [6, 6.07) is 1.43. The molecule has 0 bridgehead atoms. The van der Waals surface area contributed by atoms with Crippen molar-refractivity contribution in [3.63, 3.8) is 0 Å². The first-order valence-corrected chi connectivity index (χ1v) is 8.35. The highest BCUT2D eigenvalue weighted by Crippen LogP contribution is 2.19. The molecule has 0 aliphatic carbocycles. The lowest BCUT2D eigenvalue weighted by Gasteiger charge is -2.25. The summed E-state index contributed by atoms with van der Waals surface area (Å²) in [7, 11) is 0. The number of hydrogen-bond donors (Lipinski definition) is 1. The first-order chi connectivity index (χ1) is 8.88. The Labute approximate surface area is 121 Å². The summed E-state index contributed by atoms with van der Waals surface area (Å²) in [5.41, 5.74) is 0. The van der Waals surface area contributed by atoms with E-state index in [0.29, 0.717) is 12.1 Å². The number of rotatable bonds is 8. The van der Waals surface area contributed by atoms with Crippen molar-refractivity contribution >= 4 is 0 Å². The average molecular weight is 268 g/mol. The van der Waals surface area contributed by atoms with E-state index < -0.39 is 0 Å². The van der Waals surface area contributed by atoms with E-state index in [-0.39, 0.29) is 0 Å². The summed E-state index contributed by atoms with van der Waals surface area (Å²) in [4.78, 5) is 2.62. The molecule has 0 aromatic carbocycles. The van der Waals surface area contributed by atoms with Gasteiger partial charge in [0.25, 0.3) is 0 Å². The number of hydrogen-bond acceptors (Lipinski definition) is 2. The van der Waals surface area contributed by atoms with Gasteiger partial charge < -0.3 is 10.2 Å². The van der Waals surface area contributed by atoms with Crippen LogP contribution in [0.25, 0.3) is 0 Å². The maximum atomic E-state index is 3.86. The van der Waals surface area contributed by atoms with Gasteiger partial charge in [0.2, 0.25) is 0 Å². The van der Waals surface area contributed by atoms with Crippen molar-refractivity contribution in [3.05, 3.63) is 0 Å². The fourth-order valence-electron chi connectivity index (χ4n) is 3.23. The van der Waals surface area contributed by atoms with Crippen LogP contribution < -0.4 is 5.32 Å². The van der Waals surface area contributed by atoms with Crippen LogP contribution in [-0.4, -0.2) is 36.6 Å². The molecule has 0 aromatic heterocycles. The van der Waals surface area contributed by atoms with Gasteiger partial charge in [0.1, 0.15) is 0 Å². The lowest BCUT2D eigenvalue weighted by molar-refractivity contribution is 0.260. The SMILES string of the molecule is CC(C)CC(CC(C)C)NCC1CCN(C(C)C)C1. The molecule has 0 radical (unpaired) electrons. The minimum Gasteiger partial charge on any atom is -0.314 e. The normalized spacial score (nSPS) is 21.5. The lowest BCUT2D eigenvalue weighted by atomic mass is 9.95. The molecule has 0 aromatic rings. The molecule has 1 unspecified atom stereocenters. The summed E-state index contributed by atoms with van der Waals surface area (Å²) < 4.78 is 0. The van der Waals surface area contributed by atoms with Gasteiger partial charge in [-0.25, -0.2) is 0 Å². The monoisotopic (exact) mass is 268 g/mol. The van der Waals surface area contributed by atoms with Gasteiger partial charge in [-0.3, -0.25) is 0 Å². The van der Waals surface area contributed by atoms with E-state index in [1.54, 1.807) is 0 Å². The van der Waals surface area contributed by atoms with Crippen molar-refractivity contribution in [1.82, 2.24) is 10.2 Å². The van der Waals surface area contributed by atoms with Gasteiger partial charge in [-0.15, -0.1) is 0 Å². The molecule has 1 N–H and O–H groups in total. The second kappa shape index (κ2) is 8.26. The van der Waals surface area contributed by atoms with E-state index in [2.05, 4.69) is 51.8 Å². The third kappa shape index (κ3) is 6.76. The predicted octanol–water partition coefficient (Wildman–Crippen LogP) is 3.77. The fraction of sp³-hybridized carbons (Fsp3) is 1.00. The highest BCUT2D eigenvalue weighted by molar-refractivity contribution is 4.81. The van der Waals surface area contributed by atoms with Crippen LogP contribution in [0.3, 0.4) is 0 Å². The molecule has 1 fully saturated rings. The second-order valence-corrected chi connectivity index (χ2v) is 7.61. The topological polar surface area (TPSA) is 15.3 Å². The van der Waals surface area contributed by atoms with Crippen LogP contribution in [0.15, 0.2) is 0 Å². The van der Waals surface area contributed by atoms with Crippen molar-refractivity contribution < 1.29 is 0 Å². The zero-order chi connectivity index (χ0) is 14.4. The largest absolute Gasteiger partial charge is 0.314 e. The molecule has 1 heterocycles. The third-order valence-corrected chi connectivity index (χ3v) is 4.25. The molecule has 1 aliphatic heterocycles. The Kier molecular flexibility index (Phi) is 7.38. The quantitative estimate of drug-likeness (QED) is 0.721. The first kappa shape index (κ1) is 17.0. The van der Waals surface area contributed by atoms with Gasteiger partial charge in [0.15, 0.2) is 0 Å². The maximum absolute atomic E-state index is 3.86. The zero-order valence-corrected chi connectivity index (χ0v) is 14.1. The summed E-state index contributed by atoms with van der Waals surface area (Å²) in [6.07, 6.45) is 4.01. The van der Waals surface area contributed by atoms with Crippen LogP contribution >= 0.6 is 0 Å². The van der Waals surface area contributed by atoms with Gasteiger partial charge in [-0.05, 0) is 64.0 Å². The van der Waals surface area contributed by atoms with Gasteiger partial charge in [-0.1, -0.05) is 27.7 Å². The number of nitrogens with zero attached hydrogens (tertiary/aromatic N) is 1. The number of likely N-dealkylation sites (tertiary alicyclic amines) is 1. The van der Waals surface area contributed by atoms with E-state index in [9.17, 15) is 0 Å². The first-order valence-electron chi connectivity index (χ1n) is 8.35.